The number of nitrogens with zero attached hydrogens (tertiary/aromatic N) is 1. The van der Waals surface area contributed by atoms with Crippen LogP contribution in [0.5, 0.6) is 0 Å². The zero-order valence-electron chi connectivity index (χ0n) is 9.37. The smallest absolute Gasteiger partial charge is 0.244 e. The summed E-state index contributed by atoms with van der Waals surface area (Å²) in [7, 11) is 0. The number of carbonyl (C=O) groups is 1. The number of amides is 1. The number of anilines is 1. The van der Waals surface area contributed by atoms with Crippen molar-refractivity contribution in [1.29, 1.82) is 5.26 Å². The molecule has 0 radical (unpaired) electrons. The molecule has 2 rings (SSSR count). The van der Waals surface area contributed by atoms with Gasteiger partial charge in [0, 0.05) is 10.2 Å². The van der Waals surface area contributed by atoms with Crippen LogP contribution in [0.4, 0.5) is 5.69 Å². The molecule has 1 aliphatic rings. The first kappa shape index (κ1) is 12.1. The minimum absolute atomic E-state index is 0.167. The van der Waals surface area contributed by atoms with Crippen molar-refractivity contribution >= 4 is 27.5 Å². The van der Waals surface area contributed by atoms with E-state index < -0.39 is 5.41 Å². The lowest BCUT2D eigenvalue weighted by molar-refractivity contribution is -0.122. The predicted molar refractivity (Wildman–Crippen MR) is 69.3 cm³/mol. The Morgan fingerprint density at radius 1 is 1.29 bits per heavy atom. The SMILES string of the molecule is N#CC1(C(=O)Nc2ccc(Br)cc2)CCCC1. The van der Waals surface area contributed by atoms with E-state index >= 15 is 0 Å². The lowest BCUT2D eigenvalue weighted by Gasteiger charge is -2.19. The molecule has 1 saturated carbocycles. The van der Waals surface area contributed by atoms with Crippen LogP contribution in [0.3, 0.4) is 0 Å². The number of nitrogens with one attached hydrogen (secondary N) is 1. The summed E-state index contributed by atoms with van der Waals surface area (Å²) < 4.78 is 0.964. The van der Waals surface area contributed by atoms with Crippen molar-refractivity contribution < 1.29 is 4.79 Å². The van der Waals surface area contributed by atoms with Gasteiger partial charge < -0.3 is 5.32 Å². The Morgan fingerprint density at radius 3 is 2.41 bits per heavy atom. The molecule has 1 fully saturated rings. The van der Waals surface area contributed by atoms with E-state index in [1.54, 1.807) is 0 Å². The van der Waals surface area contributed by atoms with Crippen molar-refractivity contribution in [3.8, 4) is 6.07 Å². The number of rotatable bonds is 2. The number of hydrogen-bond donors (Lipinski definition) is 1. The fourth-order valence-corrected chi connectivity index (χ4v) is 2.42. The Hall–Kier alpha value is -1.34. The van der Waals surface area contributed by atoms with Gasteiger partial charge in [-0.25, -0.2) is 0 Å². The number of nitriles is 1. The summed E-state index contributed by atoms with van der Waals surface area (Å²) in [5.41, 5.74) is -0.0766. The van der Waals surface area contributed by atoms with Crippen LogP contribution in [0, 0.1) is 16.7 Å². The van der Waals surface area contributed by atoms with Gasteiger partial charge in [-0.05, 0) is 37.1 Å². The lowest BCUT2D eigenvalue weighted by atomic mass is 9.87. The Morgan fingerprint density at radius 2 is 1.88 bits per heavy atom. The molecule has 1 aromatic rings. The molecule has 1 N–H and O–H groups in total. The molecule has 3 nitrogen and oxygen atoms in total. The predicted octanol–water partition coefficient (Wildman–Crippen LogP) is 3.47. The summed E-state index contributed by atoms with van der Waals surface area (Å²) in [4.78, 5) is 12.1. The van der Waals surface area contributed by atoms with Crippen LogP contribution < -0.4 is 5.32 Å². The average Bonchev–Trinajstić information content (AvgIpc) is 2.82. The average molecular weight is 293 g/mol. The Balaban J connectivity index is 2.11. The molecule has 1 aliphatic carbocycles. The second kappa shape index (κ2) is 4.89. The van der Waals surface area contributed by atoms with Crippen molar-refractivity contribution in [2.45, 2.75) is 25.7 Å². The van der Waals surface area contributed by atoms with E-state index in [0.29, 0.717) is 12.8 Å². The first-order valence-electron chi connectivity index (χ1n) is 5.65. The fraction of sp³-hybridized carbons (Fsp3) is 0.385. The zero-order chi connectivity index (χ0) is 12.3. The highest BCUT2D eigenvalue weighted by atomic mass is 79.9. The van der Waals surface area contributed by atoms with Gasteiger partial charge in [0.05, 0.1) is 6.07 Å². The van der Waals surface area contributed by atoms with Crippen molar-refractivity contribution in [1.82, 2.24) is 0 Å². The lowest BCUT2D eigenvalue weighted by Crippen LogP contribution is -2.32. The fourth-order valence-electron chi connectivity index (χ4n) is 2.15. The van der Waals surface area contributed by atoms with Gasteiger partial charge in [0.15, 0.2) is 0 Å². The molecule has 0 atom stereocenters. The molecule has 0 unspecified atom stereocenters. The standard InChI is InChI=1S/C13H13BrN2O/c14-10-3-5-11(6-4-10)16-12(17)13(9-15)7-1-2-8-13/h3-6H,1-2,7-8H2,(H,16,17). The third-order valence-corrected chi connectivity index (χ3v) is 3.74. The molecule has 4 heteroatoms. The van der Waals surface area contributed by atoms with Crippen molar-refractivity contribution in [3.05, 3.63) is 28.7 Å². The molecule has 88 valence electrons. The molecule has 1 amide bonds. The van der Waals surface area contributed by atoms with Crippen LogP contribution in [-0.2, 0) is 4.79 Å². The molecule has 0 heterocycles. The number of benzene rings is 1. The third kappa shape index (κ3) is 2.50. The molecule has 0 bridgehead atoms. The highest BCUT2D eigenvalue weighted by molar-refractivity contribution is 9.10. The van der Waals surface area contributed by atoms with Crippen molar-refractivity contribution in [2.24, 2.45) is 5.41 Å². The van der Waals surface area contributed by atoms with Crippen LogP contribution in [0.2, 0.25) is 0 Å². The molecule has 1 aromatic carbocycles. The summed E-state index contributed by atoms with van der Waals surface area (Å²) in [6.07, 6.45) is 3.26. The number of hydrogen-bond acceptors (Lipinski definition) is 2. The maximum Gasteiger partial charge on any atom is 0.244 e. The number of carbonyl (C=O) groups excluding carboxylic acids is 1. The van der Waals surface area contributed by atoms with Gasteiger partial charge in [-0.15, -0.1) is 0 Å². The molecule has 17 heavy (non-hydrogen) atoms. The maximum absolute atomic E-state index is 12.1. The monoisotopic (exact) mass is 292 g/mol. The Labute approximate surface area is 109 Å². The van der Waals surface area contributed by atoms with Crippen LogP contribution in [0.25, 0.3) is 0 Å². The van der Waals surface area contributed by atoms with Gasteiger partial charge >= 0.3 is 0 Å². The second-order valence-corrected chi connectivity index (χ2v) is 5.28. The van der Waals surface area contributed by atoms with E-state index in [1.807, 2.05) is 24.3 Å². The maximum atomic E-state index is 12.1. The molecule has 0 spiro atoms. The molecular weight excluding hydrogens is 280 g/mol. The summed E-state index contributed by atoms with van der Waals surface area (Å²) in [6.45, 7) is 0. The third-order valence-electron chi connectivity index (χ3n) is 3.21. The minimum Gasteiger partial charge on any atom is -0.325 e. The summed E-state index contributed by atoms with van der Waals surface area (Å²) in [5.74, 6) is -0.167. The van der Waals surface area contributed by atoms with Crippen LogP contribution in [0.1, 0.15) is 25.7 Å². The van der Waals surface area contributed by atoms with Crippen LogP contribution >= 0.6 is 15.9 Å². The van der Waals surface area contributed by atoms with Gasteiger partial charge in [0.1, 0.15) is 5.41 Å². The van der Waals surface area contributed by atoms with Crippen molar-refractivity contribution in [3.63, 3.8) is 0 Å². The Bertz CT molecular complexity index is 455. The van der Waals surface area contributed by atoms with E-state index in [4.69, 9.17) is 0 Å². The summed E-state index contributed by atoms with van der Waals surface area (Å²) >= 11 is 3.34. The highest BCUT2D eigenvalue weighted by Gasteiger charge is 2.41. The van der Waals surface area contributed by atoms with E-state index in [1.165, 1.54) is 0 Å². The largest absolute Gasteiger partial charge is 0.325 e. The summed E-state index contributed by atoms with van der Waals surface area (Å²) in [6, 6.07) is 9.56. The second-order valence-electron chi connectivity index (χ2n) is 4.36. The molecule has 0 aliphatic heterocycles. The molecule has 0 saturated heterocycles. The van der Waals surface area contributed by atoms with Crippen molar-refractivity contribution in [2.75, 3.05) is 5.32 Å². The van der Waals surface area contributed by atoms with E-state index in [2.05, 4.69) is 27.3 Å². The van der Waals surface area contributed by atoms with Gasteiger partial charge in [0.2, 0.25) is 5.91 Å². The Kier molecular flexibility index (Phi) is 3.49. The van der Waals surface area contributed by atoms with E-state index in [-0.39, 0.29) is 5.91 Å². The van der Waals surface area contributed by atoms with Gasteiger partial charge in [-0.1, -0.05) is 28.8 Å². The van der Waals surface area contributed by atoms with Gasteiger partial charge in [-0.2, -0.15) is 5.26 Å². The first-order valence-corrected chi connectivity index (χ1v) is 6.44. The quantitative estimate of drug-likeness (QED) is 0.907. The van der Waals surface area contributed by atoms with E-state index in [0.717, 1.165) is 23.0 Å². The van der Waals surface area contributed by atoms with Gasteiger partial charge in [-0.3, -0.25) is 4.79 Å². The molecule has 0 aromatic heterocycles. The highest BCUT2D eigenvalue weighted by Crippen LogP contribution is 2.38. The summed E-state index contributed by atoms with van der Waals surface area (Å²) in [5, 5.41) is 12.0. The van der Waals surface area contributed by atoms with Gasteiger partial charge in [0.25, 0.3) is 0 Å². The van der Waals surface area contributed by atoms with E-state index in [9.17, 15) is 10.1 Å². The van der Waals surface area contributed by atoms with Crippen LogP contribution in [0.15, 0.2) is 28.7 Å². The zero-order valence-corrected chi connectivity index (χ0v) is 11.0. The minimum atomic E-state index is -0.812. The topological polar surface area (TPSA) is 52.9 Å². The first-order chi connectivity index (χ1) is 8.16. The number of halogens is 1. The van der Waals surface area contributed by atoms with Crippen LogP contribution in [-0.4, -0.2) is 5.91 Å². The molecular formula is C13H13BrN2O. The normalized spacial score (nSPS) is 17.4.